The maximum Gasteiger partial charge on any atom is 0.409 e. The molecule has 3 aromatic rings. The Labute approximate surface area is 197 Å². The van der Waals surface area contributed by atoms with Gasteiger partial charge in [-0.3, -0.25) is 4.90 Å². The molecule has 0 spiro atoms. The van der Waals surface area contributed by atoms with E-state index >= 15 is 0 Å². The molecular weight excluding hydrogens is 440 g/mol. The van der Waals surface area contributed by atoms with Crippen LogP contribution in [0.5, 0.6) is 17.2 Å². The fourth-order valence-corrected chi connectivity index (χ4v) is 4.12. The van der Waals surface area contributed by atoms with Crippen LogP contribution in [-0.4, -0.2) is 68.0 Å². The number of amides is 1. The quantitative estimate of drug-likeness (QED) is 0.549. The van der Waals surface area contributed by atoms with E-state index in [-0.39, 0.29) is 11.8 Å². The van der Waals surface area contributed by atoms with Crippen LogP contribution in [0.4, 0.5) is 4.79 Å². The van der Waals surface area contributed by atoms with Crippen LogP contribution in [0.25, 0.3) is 22.1 Å². The summed E-state index contributed by atoms with van der Waals surface area (Å²) >= 11 is 0. The van der Waals surface area contributed by atoms with Crippen LogP contribution < -0.4 is 15.1 Å². The zero-order valence-corrected chi connectivity index (χ0v) is 19.5. The predicted molar refractivity (Wildman–Crippen MR) is 127 cm³/mol. The number of carbonyl (C=O) groups is 1. The molecule has 4 rings (SSSR count). The van der Waals surface area contributed by atoms with Crippen molar-refractivity contribution >= 4 is 17.1 Å². The summed E-state index contributed by atoms with van der Waals surface area (Å²) in [6.45, 7) is 4.77. The Morgan fingerprint density at radius 2 is 1.79 bits per heavy atom. The Balaban J connectivity index is 1.63. The van der Waals surface area contributed by atoms with E-state index in [1.54, 1.807) is 55.3 Å². The number of hydrogen-bond donors (Lipinski definition) is 1. The molecule has 1 aromatic heterocycles. The molecule has 0 atom stereocenters. The van der Waals surface area contributed by atoms with E-state index in [0.29, 0.717) is 78.5 Å². The number of rotatable bonds is 6. The van der Waals surface area contributed by atoms with Crippen molar-refractivity contribution < 1.29 is 28.5 Å². The van der Waals surface area contributed by atoms with Gasteiger partial charge in [0.25, 0.3) is 0 Å². The van der Waals surface area contributed by atoms with Gasteiger partial charge in [0.05, 0.1) is 32.0 Å². The van der Waals surface area contributed by atoms with Crippen molar-refractivity contribution in [2.45, 2.75) is 13.5 Å². The van der Waals surface area contributed by atoms with Gasteiger partial charge in [0.15, 0.2) is 0 Å². The first-order valence-electron chi connectivity index (χ1n) is 11.1. The third kappa shape index (κ3) is 4.65. The lowest BCUT2D eigenvalue weighted by Gasteiger charge is -2.34. The first kappa shape index (κ1) is 23.4. The van der Waals surface area contributed by atoms with E-state index in [9.17, 15) is 14.7 Å². The third-order valence-electron chi connectivity index (χ3n) is 5.96. The Kier molecular flexibility index (Phi) is 6.93. The highest BCUT2D eigenvalue weighted by molar-refractivity contribution is 5.86. The van der Waals surface area contributed by atoms with Crippen LogP contribution in [0.3, 0.4) is 0 Å². The van der Waals surface area contributed by atoms with Gasteiger partial charge in [-0.15, -0.1) is 0 Å². The molecule has 2 heterocycles. The van der Waals surface area contributed by atoms with Gasteiger partial charge in [-0.1, -0.05) is 0 Å². The second-order valence-corrected chi connectivity index (χ2v) is 7.96. The molecule has 9 heteroatoms. The van der Waals surface area contributed by atoms with E-state index < -0.39 is 5.63 Å². The van der Waals surface area contributed by atoms with Crippen molar-refractivity contribution in [1.82, 2.24) is 9.80 Å². The maximum atomic E-state index is 13.0. The molecule has 1 saturated heterocycles. The van der Waals surface area contributed by atoms with Crippen LogP contribution in [-0.2, 0) is 11.3 Å². The highest BCUT2D eigenvalue weighted by atomic mass is 16.6. The van der Waals surface area contributed by atoms with Crippen LogP contribution >= 0.6 is 0 Å². The Hall–Kier alpha value is -3.72. The van der Waals surface area contributed by atoms with E-state index in [4.69, 9.17) is 18.6 Å². The largest absolute Gasteiger partial charge is 0.507 e. The number of fused-ring (bicyclic) bond motifs is 1. The average molecular weight is 469 g/mol. The lowest BCUT2D eigenvalue weighted by Crippen LogP contribution is -2.48. The number of phenolic OH excluding ortho intramolecular Hbond substituents is 1. The SMILES string of the molecule is CCOC(=O)N1CCN(Cc2c(O)ccc3cc(-c4ccc(OC)cc4OC)c(=O)oc23)CC1. The lowest BCUT2D eigenvalue weighted by molar-refractivity contribution is 0.0776. The second-order valence-electron chi connectivity index (χ2n) is 7.96. The van der Waals surface area contributed by atoms with Gasteiger partial charge < -0.3 is 28.6 Å². The zero-order chi connectivity index (χ0) is 24.2. The van der Waals surface area contributed by atoms with E-state index in [1.807, 2.05) is 0 Å². The Morgan fingerprint density at radius 1 is 1.03 bits per heavy atom. The molecule has 0 radical (unpaired) electrons. The normalized spacial score (nSPS) is 14.3. The van der Waals surface area contributed by atoms with Gasteiger partial charge in [-0.2, -0.15) is 0 Å². The molecule has 1 aliphatic heterocycles. The molecule has 1 amide bonds. The molecule has 1 fully saturated rings. The molecule has 9 nitrogen and oxygen atoms in total. The Morgan fingerprint density at radius 3 is 2.47 bits per heavy atom. The number of piperazine rings is 1. The van der Waals surface area contributed by atoms with Crippen LogP contribution in [0.15, 0.2) is 45.6 Å². The van der Waals surface area contributed by atoms with Crippen molar-refractivity contribution in [2.75, 3.05) is 47.0 Å². The Bertz CT molecular complexity index is 1250. The summed E-state index contributed by atoms with van der Waals surface area (Å²) in [6, 6.07) is 10.3. The predicted octanol–water partition coefficient (Wildman–Crippen LogP) is 3.46. The van der Waals surface area contributed by atoms with Crippen molar-refractivity contribution in [3.05, 3.63) is 52.4 Å². The number of carbonyl (C=O) groups excluding carboxylic acids is 1. The molecule has 0 saturated carbocycles. The highest BCUT2D eigenvalue weighted by Gasteiger charge is 2.24. The summed E-state index contributed by atoms with van der Waals surface area (Å²) < 4.78 is 21.5. The standard InChI is InChI=1S/C25H28N2O7/c1-4-33-25(30)27-11-9-26(10-12-27)15-20-21(28)8-5-16-13-19(24(29)34-23(16)20)18-7-6-17(31-2)14-22(18)32-3/h5-8,13-14,28H,4,9-12,15H2,1-3H3. The molecule has 0 bridgehead atoms. The number of hydrogen-bond acceptors (Lipinski definition) is 8. The molecule has 0 aliphatic carbocycles. The van der Waals surface area contributed by atoms with Crippen molar-refractivity contribution in [3.8, 4) is 28.4 Å². The van der Waals surface area contributed by atoms with Gasteiger partial charge in [0, 0.05) is 49.7 Å². The number of aromatic hydroxyl groups is 1. The molecule has 2 aromatic carbocycles. The third-order valence-corrected chi connectivity index (χ3v) is 5.96. The number of benzene rings is 2. The van der Waals surface area contributed by atoms with Gasteiger partial charge in [-0.05, 0) is 37.3 Å². The average Bonchev–Trinajstić information content (AvgIpc) is 2.86. The van der Waals surface area contributed by atoms with Crippen LogP contribution in [0.2, 0.25) is 0 Å². The molecule has 34 heavy (non-hydrogen) atoms. The van der Waals surface area contributed by atoms with E-state index in [1.165, 1.54) is 7.11 Å². The fraction of sp³-hybridized carbons (Fsp3) is 0.360. The summed E-state index contributed by atoms with van der Waals surface area (Å²) in [6.07, 6.45) is -0.317. The summed E-state index contributed by atoms with van der Waals surface area (Å²) in [4.78, 5) is 28.7. The zero-order valence-electron chi connectivity index (χ0n) is 19.5. The fourth-order valence-electron chi connectivity index (χ4n) is 4.12. The molecule has 180 valence electrons. The van der Waals surface area contributed by atoms with E-state index in [2.05, 4.69) is 4.90 Å². The van der Waals surface area contributed by atoms with Crippen molar-refractivity contribution in [1.29, 1.82) is 0 Å². The first-order chi connectivity index (χ1) is 16.4. The smallest absolute Gasteiger partial charge is 0.409 e. The van der Waals surface area contributed by atoms with Gasteiger partial charge in [0.1, 0.15) is 22.8 Å². The number of methoxy groups -OCH3 is 2. The van der Waals surface area contributed by atoms with Crippen molar-refractivity contribution in [3.63, 3.8) is 0 Å². The number of phenols is 1. The second kappa shape index (κ2) is 10.0. The first-order valence-corrected chi connectivity index (χ1v) is 11.1. The van der Waals surface area contributed by atoms with Gasteiger partial charge in [-0.25, -0.2) is 9.59 Å². The summed E-state index contributed by atoms with van der Waals surface area (Å²) in [5.41, 5.74) is 1.28. The molecule has 1 N–H and O–H groups in total. The summed E-state index contributed by atoms with van der Waals surface area (Å²) in [7, 11) is 3.09. The topological polar surface area (TPSA) is 102 Å². The number of nitrogens with zero attached hydrogens (tertiary/aromatic N) is 2. The number of ether oxygens (including phenoxy) is 3. The molecule has 1 aliphatic rings. The van der Waals surface area contributed by atoms with Crippen LogP contribution in [0.1, 0.15) is 12.5 Å². The van der Waals surface area contributed by atoms with Gasteiger partial charge >= 0.3 is 11.7 Å². The highest BCUT2D eigenvalue weighted by Crippen LogP contribution is 2.35. The minimum Gasteiger partial charge on any atom is -0.507 e. The van der Waals surface area contributed by atoms with E-state index in [0.717, 1.165) is 0 Å². The molecular formula is C25H28N2O7. The monoisotopic (exact) mass is 468 g/mol. The maximum absolute atomic E-state index is 13.0. The summed E-state index contributed by atoms with van der Waals surface area (Å²) in [5.74, 6) is 1.16. The minimum atomic E-state index is -0.532. The minimum absolute atomic E-state index is 0.0539. The summed E-state index contributed by atoms with van der Waals surface area (Å²) in [5, 5.41) is 11.2. The molecule has 0 unspecified atom stereocenters. The van der Waals surface area contributed by atoms with Crippen LogP contribution in [0, 0.1) is 0 Å². The van der Waals surface area contributed by atoms with Crippen molar-refractivity contribution in [2.24, 2.45) is 0 Å². The lowest BCUT2D eigenvalue weighted by atomic mass is 10.0. The van der Waals surface area contributed by atoms with Gasteiger partial charge in [0.2, 0.25) is 0 Å².